The van der Waals surface area contributed by atoms with Gasteiger partial charge in [-0.25, -0.2) is 0 Å². The van der Waals surface area contributed by atoms with Gasteiger partial charge in [0.1, 0.15) is 5.75 Å². The molecule has 0 heterocycles. The predicted molar refractivity (Wildman–Crippen MR) is 95.0 cm³/mol. The molecular formula is C19H30N2O3. The van der Waals surface area contributed by atoms with Crippen LogP contribution in [-0.4, -0.2) is 48.3 Å². The largest absolute Gasteiger partial charge is 0.493 e. The fraction of sp³-hybridized carbons (Fsp3) is 0.632. The number of aryl methyl sites for hydroxylation is 2. The Hall–Kier alpha value is -1.59. The van der Waals surface area contributed by atoms with Crippen molar-refractivity contribution in [1.29, 1.82) is 0 Å². The maximum absolute atomic E-state index is 12.5. The summed E-state index contributed by atoms with van der Waals surface area (Å²) in [5.74, 6) is 0.972. The molecule has 0 bridgehead atoms. The fourth-order valence-corrected chi connectivity index (χ4v) is 3.28. The summed E-state index contributed by atoms with van der Waals surface area (Å²) in [6.45, 7) is 5.36. The zero-order valence-corrected chi connectivity index (χ0v) is 15.0. The highest BCUT2D eigenvalue weighted by atomic mass is 16.5. The summed E-state index contributed by atoms with van der Waals surface area (Å²) < 4.78 is 5.81. The molecule has 0 spiro atoms. The van der Waals surface area contributed by atoms with E-state index in [1.165, 1.54) is 5.56 Å². The first-order valence-corrected chi connectivity index (χ1v) is 8.77. The Kier molecular flexibility index (Phi) is 6.63. The first-order chi connectivity index (χ1) is 11.4. The predicted octanol–water partition coefficient (Wildman–Crippen LogP) is 2.02. The van der Waals surface area contributed by atoms with Crippen LogP contribution < -0.4 is 10.5 Å². The van der Waals surface area contributed by atoms with Gasteiger partial charge in [0.2, 0.25) is 5.91 Å². The van der Waals surface area contributed by atoms with Crippen molar-refractivity contribution in [3.05, 3.63) is 29.3 Å². The minimum Gasteiger partial charge on any atom is -0.493 e. The first-order valence-electron chi connectivity index (χ1n) is 8.77. The van der Waals surface area contributed by atoms with Gasteiger partial charge in [-0.1, -0.05) is 17.7 Å². The van der Waals surface area contributed by atoms with Crippen LogP contribution in [0.3, 0.4) is 0 Å². The van der Waals surface area contributed by atoms with Crippen LogP contribution >= 0.6 is 0 Å². The Morgan fingerprint density at radius 2 is 2.12 bits per heavy atom. The highest BCUT2D eigenvalue weighted by molar-refractivity contribution is 5.78. The zero-order chi connectivity index (χ0) is 17.7. The summed E-state index contributed by atoms with van der Waals surface area (Å²) in [7, 11) is 1.83. The number of nitrogens with zero attached hydrogens (tertiary/aromatic N) is 1. The zero-order valence-electron chi connectivity index (χ0n) is 15.0. The third-order valence-electron chi connectivity index (χ3n) is 4.81. The minimum atomic E-state index is -0.467. The van der Waals surface area contributed by atoms with Crippen LogP contribution in [-0.2, 0) is 4.79 Å². The van der Waals surface area contributed by atoms with E-state index in [2.05, 4.69) is 13.0 Å². The van der Waals surface area contributed by atoms with Crippen molar-refractivity contribution in [3.63, 3.8) is 0 Å². The van der Waals surface area contributed by atoms with Crippen LogP contribution in [0.1, 0.15) is 36.8 Å². The van der Waals surface area contributed by atoms with E-state index in [9.17, 15) is 9.90 Å². The lowest BCUT2D eigenvalue weighted by Gasteiger charge is -2.32. The lowest BCUT2D eigenvalue weighted by molar-refractivity contribution is -0.136. The van der Waals surface area contributed by atoms with E-state index in [-0.39, 0.29) is 17.9 Å². The van der Waals surface area contributed by atoms with Gasteiger partial charge in [0.25, 0.3) is 0 Å². The van der Waals surface area contributed by atoms with Gasteiger partial charge in [0, 0.05) is 25.6 Å². The normalized spacial score (nSPS) is 23.8. The third-order valence-corrected chi connectivity index (χ3v) is 4.81. The Morgan fingerprint density at radius 1 is 1.38 bits per heavy atom. The van der Waals surface area contributed by atoms with Crippen LogP contribution in [0.2, 0.25) is 0 Å². The molecule has 1 aliphatic carbocycles. The molecule has 1 aromatic rings. The molecule has 0 aromatic heterocycles. The Morgan fingerprint density at radius 3 is 2.79 bits per heavy atom. The summed E-state index contributed by atoms with van der Waals surface area (Å²) in [5, 5.41) is 9.67. The molecular weight excluding hydrogens is 304 g/mol. The number of carbonyl (C=O) groups excluding carboxylic acids is 1. The van der Waals surface area contributed by atoms with E-state index >= 15 is 0 Å². The molecule has 0 saturated heterocycles. The average Bonchev–Trinajstić information content (AvgIpc) is 2.54. The lowest BCUT2D eigenvalue weighted by atomic mass is 9.83. The molecule has 5 nitrogen and oxygen atoms in total. The van der Waals surface area contributed by atoms with Crippen molar-refractivity contribution in [2.45, 2.75) is 51.7 Å². The average molecular weight is 334 g/mol. The summed E-state index contributed by atoms with van der Waals surface area (Å²) in [5.41, 5.74) is 8.23. The molecule has 2 rings (SSSR count). The molecule has 3 atom stereocenters. The van der Waals surface area contributed by atoms with Crippen molar-refractivity contribution in [3.8, 4) is 5.75 Å². The number of nitrogens with two attached hydrogens (primary N) is 1. The summed E-state index contributed by atoms with van der Waals surface area (Å²) in [6.07, 6.45) is 2.23. The minimum absolute atomic E-state index is 0.0614. The van der Waals surface area contributed by atoms with Crippen molar-refractivity contribution < 1.29 is 14.6 Å². The Balaban J connectivity index is 1.72. The van der Waals surface area contributed by atoms with E-state index < -0.39 is 6.10 Å². The topological polar surface area (TPSA) is 75.8 Å². The molecule has 134 valence electrons. The second kappa shape index (κ2) is 8.49. The Bertz CT molecular complexity index is 562. The van der Waals surface area contributed by atoms with Gasteiger partial charge in [-0.3, -0.25) is 4.79 Å². The third kappa shape index (κ3) is 4.95. The van der Waals surface area contributed by atoms with Crippen molar-refractivity contribution in [2.24, 2.45) is 11.7 Å². The molecule has 1 aromatic carbocycles. The quantitative estimate of drug-likeness (QED) is 0.781. The van der Waals surface area contributed by atoms with Gasteiger partial charge in [-0.2, -0.15) is 0 Å². The van der Waals surface area contributed by atoms with Crippen molar-refractivity contribution in [2.75, 3.05) is 20.2 Å². The smallest absolute Gasteiger partial charge is 0.225 e. The fourth-order valence-electron chi connectivity index (χ4n) is 3.28. The van der Waals surface area contributed by atoms with Crippen LogP contribution in [0.15, 0.2) is 18.2 Å². The standard InChI is InChI=1S/C19H30N2O3/c1-13-5-8-18(14(2)11-13)24-10-4-9-21(3)19(23)15-6-7-17(22)16(20)12-15/h5,8,11,15-17,22H,4,6-7,9-10,12,20H2,1-3H3/t15-,16+,17+/m0/s1. The monoisotopic (exact) mass is 334 g/mol. The van der Waals surface area contributed by atoms with Crippen molar-refractivity contribution in [1.82, 2.24) is 4.90 Å². The van der Waals surface area contributed by atoms with E-state index in [4.69, 9.17) is 10.5 Å². The summed E-state index contributed by atoms with van der Waals surface area (Å²) in [6, 6.07) is 5.85. The number of hydrogen-bond acceptors (Lipinski definition) is 4. The van der Waals surface area contributed by atoms with E-state index in [0.717, 1.165) is 24.2 Å². The molecule has 1 amide bonds. The number of rotatable bonds is 6. The SMILES string of the molecule is Cc1ccc(OCCCN(C)C(=O)[C@H]2CC[C@@H](O)[C@H](N)C2)c(C)c1. The van der Waals surface area contributed by atoms with Gasteiger partial charge in [0.05, 0.1) is 12.7 Å². The van der Waals surface area contributed by atoms with Gasteiger partial charge >= 0.3 is 0 Å². The molecule has 1 aliphatic rings. The number of hydrogen-bond donors (Lipinski definition) is 2. The van der Waals surface area contributed by atoms with Gasteiger partial charge in [-0.15, -0.1) is 0 Å². The maximum Gasteiger partial charge on any atom is 0.225 e. The van der Waals surface area contributed by atoms with Crippen LogP contribution in [0.4, 0.5) is 0 Å². The van der Waals surface area contributed by atoms with Gasteiger partial charge in [-0.05, 0) is 51.2 Å². The second-order valence-electron chi connectivity index (χ2n) is 6.97. The van der Waals surface area contributed by atoms with E-state index in [1.807, 2.05) is 26.1 Å². The summed E-state index contributed by atoms with van der Waals surface area (Å²) in [4.78, 5) is 14.2. The number of carbonyl (C=O) groups is 1. The molecule has 0 aliphatic heterocycles. The highest BCUT2D eigenvalue weighted by Crippen LogP contribution is 2.25. The first kappa shape index (κ1) is 18.7. The molecule has 3 N–H and O–H groups in total. The molecule has 5 heteroatoms. The summed E-state index contributed by atoms with van der Waals surface area (Å²) >= 11 is 0. The number of aliphatic hydroxyl groups is 1. The molecule has 1 fully saturated rings. The Labute approximate surface area is 144 Å². The number of amides is 1. The number of benzene rings is 1. The van der Waals surface area contributed by atoms with Gasteiger partial charge < -0.3 is 20.5 Å². The molecule has 0 unspecified atom stereocenters. The maximum atomic E-state index is 12.5. The molecule has 0 radical (unpaired) electrons. The second-order valence-corrected chi connectivity index (χ2v) is 6.97. The van der Waals surface area contributed by atoms with Crippen LogP contribution in [0.25, 0.3) is 0 Å². The van der Waals surface area contributed by atoms with Crippen LogP contribution in [0, 0.1) is 19.8 Å². The van der Waals surface area contributed by atoms with E-state index in [1.54, 1.807) is 4.90 Å². The molecule has 24 heavy (non-hydrogen) atoms. The lowest BCUT2D eigenvalue weighted by Crippen LogP contribution is -2.45. The van der Waals surface area contributed by atoms with Crippen molar-refractivity contribution >= 4 is 5.91 Å². The highest BCUT2D eigenvalue weighted by Gasteiger charge is 2.32. The number of aliphatic hydroxyl groups excluding tert-OH is 1. The van der Waals surface area contributed by atoms with E-state index in [0.29, 0.717) is 26.0 Å². The van der Waals surface area contributed by atoms with Crippen LogP contribution in [0.5, 0.6) is 5.75 Å². The van der Waals surface area contributed by atoms with Gasteiger partial charge in [0.15, 0.2) is 0 Å². The molecule has 1 saturated carbocycles. The number of ether oxygens (including phenoxy) is 1.